The van der Waals surface area contributed by atoms with Crippen molar-refractivity contribution >= 4 is 43.5 Å². The van der Waals surface area contributed by atoms with E-state index in [0.29, 0.717) is 0 Å². The zero-order valence-corrected chi connectivity index (χ0v) is 15.1. The fourth-order valence-corrected chi connectivity index (χ4v) is 4.07. The second kappa shape index (κ2) is 6.17. The average Bonchev–Trinajstić information content (AvgIpc) is 3.05. The molecule has 0 unspecified atom stereocenters. The van der Waals surface area contributed by atoms with Crippen LogP contribution in [-0.4, -0.2) is 0 Å². The molecule has 4 aromatic carbocycles. The van der Waals surface area contributed by atoms with Gasteiger partial charge >= 0.3 is 0 Å². The van der Waals surface area contributed by atoms with Crippen LogP contribution in [0.1, 0.15) is 31.7 Å². The molecule has 1 aromatic heterocycles. The summed E-state index contributed by atoms with van der Waals surface area (Å²) in [5.41, 5.74) is 3.36. The van der Waals surface area contributed by atoms with Gasteiger partial charge in [-0.1, -0.05) is 62.2 Å². The van der Waals surface area contributed by atoms with Crippen molar-refractivity contribution in [2.75, 3.05) is 0 Å². The topological polar surface area (TPSA) is 13.1 Å². The van der Waals surface area contributed by atoms with Gasteiger partial charge in [-0.2, -0.15) is 0 Å². The van der Waals surface area contributed by atoms with Gasteiger partial charge in [0.15, 0.2) is 0 Å². The smallest absolute Gasteiger partial charge is 0.136 e. The van der Waals surface area contributed by atoms with Crippen LogP contribution in [0.2, 0.25) is 0 Å². The highest BCUT2D eigenvalue weighted by molar-refractivity contribution is 6.20. The van der Waals surface area contributed by atoms with Crippen molar-refractivity contribution in [2.45, 2.75) is 32.6 Å². The summed E-state index contributed by atoms with van der Waals surface area (Å²) in [4.78, 5) is 0. The first-order chi connectivity index (χ1) is 12.8. The lowest BCUT2D eigenvalue weighted by Crippen LogP contribution is -1.84. The molecular weight excluding hydrogens is 316 g/mol. The molecule has 5 aromatic rings. The van der Waals surface area contributed by atoms with E-state index in [0.717, 1.165) is 17.6 Å². The molecule has 0 saturated heterocycles. The van der Waals surface area contributed by atoms with Gasteiger partial charge in [-0.05, 0) is 64.2 Å². The van der Waals surface area contributed by atoms with Gasteiger partial charge in [-0.3, -0.25) is 0 Å². The standard InChI is InChI=1S/C25H22O/c1-2-3-4-7-17-10-12-21-24(14-17)26-23-13-11-20-15-18-8-5-6-9-19(18)16-22(20)25(21)23/h5-6,8-16H,2-4,7H2,1H3. The Morgan fingerprint density at radius 1 is 0.692 bits per heavy atom. The first-order valence-electron chi connectivity index (χ1n) is 9.60. The van der Waals surface area contributed by atoms with Crippen LogP contribution in [0, 0.1) is 0 Å². The Labute approximate surface area is 153 Å². The summed E-state index contributed by atoms with van der Waals surface area (Å²) in [5, 5.41) is 7.57. The molecule has 0 radical (unpaired) electrons. The molecule has 0 amide bonds. The molecule has 1 heterocycles. The number of hydrogen-bond donors (Lipinski definition) is 0. The molecule has 26 heavy (non-hydrogen) atoms. The van der Waals surface area contributed by atoms with Crippen LogP contribution in [0.25, 0.3) is 43.5 Å². The van der Waals surface area contributed by atoms with Crippen LogP contribution in [0.4, 0.5) is 0 Å². The number of benzene rings is 4. The molecular formula is C25H22O. The molecule has 0 bridgehead atoms. The predicted molar refractivity (Wildman–Crippen MR) is 112 cm³/mol. The molecule has 1 heteroatoms. The molecule has 0 saturated carbocycles. The maximum Gasteiger partial charge on any atom is 0.136 e. The highest BCUT2D eigenvalue weighted by Crippen LogP contribution is 2.36. The van der Waals surface area contributed by atoms with Crippen LogP contribution in [0.5, 0.6) is 0 Å². The number of unbranched alkanes of at least 4 members (excludes halogenated alkanes) is 2. The number of furan rings is 1. The van der Waals surface area contributed by atoms with Gasteiger partial charge in [0.05, 0.1) is 0 Å². The molecule has 128 valence electrons. The summed E-state index contributed by atoms with van der Waals surface area (Å²) in [6, 6.07) is 24.2. The Balaban J connectivity index is 1.74. The zero-order valence-electron chi connectivity index (χ0n) is 15.1. The highest BCUT2D eigenvalue weighted by atomic mass is 16.3. The first-order valence-corrected chi connectivity index (χ1v) is 9.60. The van der Waals surface area contributed by atoms with Gasteiger partial charge in [0, 0.05) is 10.8 Å². The van der Waals surface area contributed by atoms with Gasteiger partial charge in [0.25, 0.3) is 0 Å². The summed E-state index contributed by atoms with van der Waals surface area (Å²) >= 11 is 0. The molecule has 5 rings (SSSR count). The normalized spacial score (nSPS) is 11.9. The second-order valence-corrected chi connectivity index (χ2v) is 7.25. The Morgan fingerprint density at radius 3 is 2.38 bits per heavy atom. The highest BCUT2D eigenvalue weighted by Gasteiger charge is 2.11. The maximum absolute atomic E-state index is 6.22. The number of hydrogen-bond acceptors (Lipinski definition) is 1. The monoisotopic (exact) mass is 338 g/mol. The summed E-state index contributed by atoms with van der Waals surface area (Å²) < 4.78 is 6.22. The largest absolute Gasteiger partial charge is 0.456 e. The van der Waals surface area contributed by atoms with E-state index < -0.39 is 0 Å². The molecule has 0 aliphatic rings. The molecule has 0 atom stereocenters. The molecule has 0 aliphatic heterocycles. The molecule has 1 nitrogen and oxygen atoms in total. The minimum atomic E-state index is 0.980. The van der Waals surface area contributed by atoms with Gasteiger partial charge in [0.2, 0.25) is 0 Å². The minimum Gasteiger partial charge on any atom is -0.456 e. The van der Waals surface area contributed by atoms with E-state index in [2.05, 4.69) is 73.7 Å². The SMILES string of the molecule is CCCCCc1ccc2c(c1)oc1ccc3cc4ccccc4cc3c12. The fraction of sp³-hybridized carbons (Fsp3) is 0.200. The van der Waals surface area contributed by atoms with Crippen molar-refractivity contribution in [3.05, 3.63) is 72.3 Å². The lowest BCUT2D eigenvalue weighted by atomic mass is 9.99. The van der Waals surface area contributed by atoms with Crippen molar-refractivity contribution in [2.24, 2.45) is 0 Å². The van der Waals surface area contributed by atoms with Crippen molar-refractivity contribution in [3.63, 3.8) is 0 Å². The van der Waals surface area contributed by atoms with Crippen molar-refractivity contribution < 1.29 is 4.42 Å². The summed E-state index contributed by atoms with van der Waals surface area (Å²) in [5.74, 6) is 0. The fourth-order valence-electron chi connectivity index (χ4n) is 4.07. The van der Waals surface area contributed by atoms with E-state index in [1.54, 1.807) is 0 Å². The minimum absolute atomic E-state index is 0.980. The average molecular weight is 338 g/mol. The summed E-state index contributed by atoms with van der Waals surface area (Å²) in [6.07, 6.45) is 4.92. The summed E-state index contributed by atoms with van der Waals surface area (Å²) in [7, 11) is 0. The van der Waals surface area contributed by atoms with Gasteiger partial charge < -0.3 is 4.42 Å². The van der Waals surface area contributed by atoms with E-state index in [-0.39, 0.29) is 0 Å². The van der Waals surface area contributed by atoms with E-state index >= 15 is 0 Å². The lowest BCUT2D eigenvalue weighted by molar-refractivity contribution is 0.667. The Hall–Kier alpha value is -2.80. The molecule has 0 N–H and O–H groups in total. The third-order valence-electron chi connectivity index (χ3n) is 5.45. The molecule has 0 spiro atoms. The van der Waals surface area contributed by atoms with Gasteiger partial charge in [0.1, 0.15) is 11.2 Å². The van der Waals surface area contributed by atoms with Gasteiger partial charge in [-0.25, -0.2) is 0 Å². The first kappa shape index (κ1) is 15.5. The zero-order chi connectivity index (χ0) is 17.5. The van der Waals surface area contributed by atoms with E-state index in [1.165, 1.54) is 57.1 Å². The van der Waals surface area contributed by atoms with E-state index in [4.69, 9.17) is 4.42 Å². The Morgan fingerprint density at radius 2 is 1.54 bits per heavy atom. The van der Waals surface area contributed by atoms with Crippen LogP contribution in [0.3, 0.4) is 0 Å². The van der Waals surface area contributed by atoms with E-state index in [9.17, 15) is 0 Å². The van der Waals surface area contributed by atoms with Crippen LogP contribution < -0.4 is 0 Å². The van der Waals surface area contributed by atoms with Crippen molar-refractivity contribution in [1.82, 2.24) is 0 Å². The molecule has 0 fully saturated rings. The Kier molecular flexibility index (Phi) is 3.67. The number of rotatable bonds is 4. The van der Waals surface area contributed by atoms with Crippen LogP contribution in [-0.2, 0) is 6.42 Å². The lowest BCUT2D eigenvalue weighted by Gasteiger charge is -2.04. The van der Waals surface area contributed by atoms with Crippen molar-refractivity contribution in [1.29, 1.82) is 0 Å². The number of aryl methyl sites for hydroxylation is 1. The van der Waals surface area contributed by atoms with Gasteiger partial charge in [-0.15, -0.1) is 0 Å². The van der Waals surface area contributed by atoms with Crippen LogP contribution >= 0.6 is 0 Å². The molecule has 0 aliphatic carbocycles. The van der Waals surface area contributed by atoms with Crippen LogP contribution in [0.15, 0.2) is 71.1 Å². The van der Waals surface area contributed by atoms with E-state index in [1.807, 2.05) is 0 Å². The van der Waals surface area contributed by atoms with Crippen molar-refractivity contribution in [3.8, 4) is 0 Å². The quantitative estimate of drug-likeness (QED) is 0.242. The third-order valence-corrected chi connectivity index (χ3v) is 5.45. The third kappa shape index (κ3) is 2.47. The Bertz CT molecular complexity index is 1240. The predicted octanol–water partition coefficient (Wildman–Crippen LogP) is 7.63. The maximum atomic E-state index is 6.22. The number of fused-ring (bicyclic) bond motifs is 6. The summed E-state index contributed by atoms with van der Waals surface area (Å²) in [6.45, 7) is 2.25. The second-order valence-electron chi connectivity index (χ2n) is 7.25.